The van der Waals surface area contributed by atoms with E-state index in [9.17, 15) is 18.0 Å². The number of nitrogens with zero attached hydrogens (tertiary/aromatic N) is 1. The third kappa shape index (κ3) is 2.06. The second-order valence-corrected chi connectivity index (χ2v) is 5.70. The van der Waals surface area contributed by atoms with Crippen molar-refractivity contribution in [1.82, 2.24) is 9.97 Å². The number of H-pyrrole nitrogens is 1. The van der Waals surface area contributed by atoms with Gasteiger partial charge in [-0.1, -0.05) is 6.92 Å². The molecule has 96 valence electrons. The molecule has 2 rings (SSSR count). The van der Waals surface area contributed by atoms with E-state index >= 15 is 0 Å². The van der Waals surface area contributed by atoms with Gasteiger partial charge in [0.2, 0.25) is 20.7 Å². The van der Waals surface area contributed by atoms with Crippen molar-refractivity contribution in [1.29, 1.82) is 0 Å². The molecule has 0 spiro atoms. The fraction of sp³-hybridized carbons (Fsp3) is 0.300. The number of fused-ring (bicyclic) bond motifs is 1. The molecular formula is C10H10N2O5S. The van der Waals surface area contributed by atoms with Crippen LogP contribution in [0.4, 0.5) is 0 Å². The maximum absolute atomic E-state index is 11.8. The predicted octanol–water partition coefficient (Wildman–Crippen LogP) is -0.158. The Bertz CT molecular complexity index is 831. The largest absolute Gasteiger partial charge is 0.403 e. The second kappa shape index (κ2) is 4.05. The van der Waals surface area contributed by atoms with E-state index in [1.807, 2.05) is 0 Å². The Morgan fingerprint density at radius 3 is 2.61 bits per heavy atom. The molecule has 0 fully saturated rings. The Balaban J connectivity index is 3.00. The molecule has 2 heterocycles. The molecule has 0 atom stereocenters. The Labute approximate surface area is 101 Å². The summed E-state index contributed by atoms with van der Waals surface area (Å²) in [5, 5.41) is -0.416. The van der Waals surface area contributed by atoms with Crippen LogP contribution in [0.1, 0.15) is 12.5 Å². The molecule has 0 bridgehead atoms. The summed E-state index contributed by atoms with van der Waals surface area (Å²) in [6.45, 7) is 1.76. The normalized spacial score (nSPS) is 11.9. The van der Waals surface area contributed by atoms with Crippen molar-refractivity contribution in [3.8, 4) is 0 Å². The number of hydrogen-bond donors (Lipinski definition) is 1. The standard InChI is InChI=1S/C10H10N2O5S/c1-3-5-4-6(13)17-9-7(5)8(14)11-10(12-9)18(2,15)16/h4H,3H2,1-2H3,(H,11,12,14). The number of nitrogens with one attached hydrogen (secondary N) is 1. The molecule has 0 aliphatic heterocycles. The van der Waals surface area contributed by atoms with Gasteiger partial charge in [0.05, 0.1) is 0 Å². The van der Waals surface area contributed by atoms with E-state index in [2.05, 4.69) is 9.97 Å². The molecule has 7 nitrogen and oxygen atoms in total. The van der Waals surface area contributed by atoms with Crippen LogP contribution in [0.25, 0.3) is 11.1 Å². The van der Waals surface area contributed by atoms with Crippen LogP contribution in [0.3, 0.4) is 0 Å². The van der Waals surface area contributed by atoms with E-state index in [4.69, 9.17) is 4.42 Å². The average molecular weight is 270 g/mol. The molecule has 0 aliphatic rings. The van der Waals surface area contributed by atoms with Gasteiger partial charge in [-0.3, -0.25) is 9.78 Å². The number of rotatable bonds is 2. The monoisotopic (exact) mass is 270 g/mol. The zero-order valence-corrected chi connectivity index (χ0v) is 10.5. The van der Waals surface area contributed by atoms with Crippen LogP contribution in [0, 0.1) is 0 Å². The highest BCUT2D eigenvalue weighted by Crippen LogP contribution is 2.12. The SMILES string of the molecule is CCc1cc(=O)oc2nc(S(C)(=O)=O)[nH]c(=O)c12. The van der Waals surface area contributed by atoms with Crippen molar-refractivity contribution in [3.05, 3.63) is 32.4 Å². The fourth-order valence-corrected chi connectivity index (χ4v) is 2.11. The van der Waals surface area contributed by atoms with Gasteiger partial charge in [-0.25, -0.2) is 13.2 Å². The highest BCUT2D eigenvalue weighted by molar-refractivity contribution is 7.90. The van der Waals surface area contributed by atoms with Crippen molar-refractivity contribution in [2.45, 2.75) is 18.5 Å². The quantitative estimate of drug-likeness (QED) is 0.759. The zero-order valence-electron chi connectivity index (χ0n) is 9.68. The van der Waals surface area contributed by atoms with Crippen LogP contribution in [-0.2, 0) is 16.3 Å². The molecule has 0 aromatic carbocycles. The Hall–Kier alpha value is -1.96. The minimum atomic E-state index is -3.68. The molecule has 0 saturated heterocycles. The maximum Gasteiger partial charge on any atom is 0.337 e. The van der Waals surface area contributed by atoms with Gasteiger partial charge in [-0.15, -0.1) is 0 Å². The molecule has 0 amide bonds. The number of aryl methyl sites for hydroxylation is 1. The summed E-state index contributed by atoms with van der Waals surface area (Å²) in [6.07, 6.45) is 1.34. The molecular weight excluding hydrogens is 260 g/mol. The van der Waals surface area contributed by atoms with Crippen molar-refractivity contribution in [3.63, 3.8) is 0 Å². The predicted molar refractivity (Wildman–Crippen MR) is 63.4 cm³/mol. The second-order valence-electron chi connectivity index (χ2n) is 3.77. The lowest BCUT2D eigenvalue weighted by Crippen LogP contribution is -2.18. The third-order valence-electron chi connectivity index (χ3n) is 2.41. The molecule has 0 radical (unpaired) electrons. The molecule has 0 aliphatic carbocycles. The Kier molecular flexibility index (Phi) is 2.81. The first-order valence-electron chi connectivity index (χ1n) is 5.10. The number of hydrogen-bond acceptors (Lipinski definition) is 6. The number of aromatic amines is 1. The van der Waals surface area contributed by atoms with E-state index in [1.54, 1.807) is 6.92 Å². The molecule has 2 aromatic rings. The fourth-order valence-electron chi connectivity index (χ4n) is 1.58. The first-order chi connectivity index (χ1) is 8.32. The smallest absolute Gasteiger partial charge is 0.337 e. The molecule has 1 N–H and O–H groups in total. The highest BCUT2D eigenvalue weighted by Gasteiger charge is 2.16. The van der Waals surface area contributed by atoms with Crippen LogP contribution >= 0.6 is 0 Å². The van der Waals surface area contributed by atoms with E-state index in [0.29, 0.717) is 12.0 Å². The van der Waals surface area contributed by atoms with Crippen LogP contribution in [0.15, 0.2) is 25.2 Å². The third-order valence-corrected chi connectivity index (χ3v) is 3.30. The van der Waals surface area contributed by atoms with Crippen LogP contribution in [-0.4, -0.2) is 24.6 Å². The maximum atomic E-state index is 11.8. The first-order valence-corrected chi connectivity index (χ1v) is 6.99. The van der Waals surface area contributed by atoms with Gasteiger partial charge in [-0.05, 0) is 12.0 Å². The lowest BCUT2D eigenvalue weighted by atomic mass is 10.1. The molecule has 0 unspecified atom stereocenters. The minimum absolute atomic E-state index is 0.101. The lowest BCUT2D eigenvalue weighted by molar-refractivity contribution is 0.537. The van der Waals surface area contributed by atoms with Gasteiger partial charge in [0.25, 0.3) is 5.56 Å². The van der Waals surface area contributed by atoms with Crippen LogP contribution < -0.4 is 11.2 Å². The summed E-state index contributed by atoms with van der Waals surface area (Å²) in [5.74, 6) is 0. The van der Waals surface area contributed by atoms with Gasteiger partial charge >= 0.3 is 5.63 Å². The number of aromatic nitrogens is 2. The Morgan fingerprint density at radius 2 is 2.06 bits per heavy atom. The minimum Gasteiger partial charge on any atom is -0.403 e. The van der Waals surface area contributed by atoms with E-state index in [-0.39, 0.29) is 11.1 Å². The van der Waals surface area contributed by atoms with Gasteiger partial charge < -0.3 is 4.42 Å². The molecule has 2 aromatic heterocycles. The number of sulfone groups is 1. The van der Waals surface area contributed by atoms with Crippen molar-refractivity contribution >= 4 is 20.9 Å². The topological polar surface area (TPSA) is 110 Å². The van der Waals surface area contributed by atoms with Gasteiger partial charge in [0.15, 0.2) is 0 Å². The van der Waals surface area contributed by atoms with Gasteiger partial charge in [0, 0.05) is 12.3 Å². The molecule has 8 heteroatoms. The van der Waals surface area contributed by atoms with Gasteiger partial charge in [-0.2, -0.15) is 4.98 Å². The van der Waals surface area contributed by atoms with E-state index in [0.717, 1.165) is 6.26 Å². The van der Waals surface area contributed by atoms with E-state index < -0.39 is 26.2 Å². The molecule has 0 saturated carbocycles. The summed E-state index contributed by atoms with van der Waals surface area (Å²) in [7, 11) is -3.68. The van der Waals surface area contributed by atoms with Crippen molar-refractivity contribution in [2.75, 3.05) is 6.26 Å². The summed E-state index contributed by atoms with van der Waals surface area (Å²) in [5.41, 5.74) is -1.10. The summed E-state index contributed by atoms with van der Waals surface area (Å²) < 4.78 is 27.4. The van der Waals surface area contributed by atoms with Crippen LogP contribution in [0.2, 0.25) is 0 Å². The first kappa shape index (κ1) is 12.5. The summed E-state index contributed by atoms with van der Waals surface area (Å²) >= 11 is 0. The van der Waals surface area contributed by atoms with Crippen molar-refractivity contribution in [2.24, 2.45) is 0 Å². The molecule has 18 heavy (non-hydrogen) atoms. The average Bonchev–Trinajstić information content (AvgIpc) is 2.25. The highest BCUT2D eigenvalue weighted by atomic mass is 32.2. The van der Waals surface area contributed by atoms with E-state index in [1.165, 1.54) is 6.07 Å². The van der Waals surface area contributed by atoms with Crippen molar-refractivity contribution < 1.29 is 12.8 Å². The lowest BCUT2D eigenvalue weighted by Gasteiger charge is -2.02. The summed E-state index contributed by atoms with van der Waals surface area (Å²) in [4.78, 5) is 28.9. The van der Waals surface area contributed by atoms with Gasteiger partial charge in [0.1, 0.15) is 5.39 Å². The zero-order chi connectivity index (χ0) is 13.5. The summed E-state index contributed by atoms with van der Waals surface area (Å²) in [6, 6.07) is 1.19. The Morgan fingerprint density at radius 1 is 1.39 bits per heavy atom. The van der Waals surface area contributed by atoms with Crippen LogP contribution in [0.5, 0.6) is 0 Å².